The maximum atomic E-state index is 13.2. The van der Waals surface area contributed by atoms with Crippen LogP contribution in [0.1, 0.15) is 38.8 Å². The molecule has 0 radical (unpaired) electrons. The summed E-state index contributed by atoms with van der Waals surface area (Å²) in [5.74, 6) is 1.82. The van der Waals surface area contributed by atoms with Crippen molar-refractivity contribution in [1.29, 1.82) is 0 Å². The van der Waals surface area contributed by atoms with Crippen LogP contribution in [0.3, 0.4) is 0 Å². The van der Waals surface area contributed by atoms with Gasteiger partial charge in [0.25, 0.3) is 11.6 Å². The second-order valence-electron chi connectivity index (χ2n) is 8.35. The maximum Gasteiger partial charge on any atom is 0.259 e. The van der Waals surface area contributed by atoms with Crippen molar-refractivity contribution in [3.8, 4) is 22.7 Å². The van der Waals surface area contributed by atoms with Crippen LogP contribution in [-0.4, -0.2) is 27.6 Å². The molecule has 34 heavy (non-hydrogen) atoms. The normalized spacial score (nSPS) is 11.3. The van der Waals surface area contributed by atoms with E-state index in [0.29, 0.717) is 46.9 Å². The second kappa shape index (κ2) is 8.62. The Hall–Kier alpha value is -4.20. The fraction of sp³-hybridized carbons (Fsp3) is 0.231. The third-order valence-electron chi connectivity index (χ3n) is 5.70. The zero-order valence-corrected chi connectivity index (χ0v) is 19.4. The Bertz CT molecular complexity index is 1490. The minimum Gasteiger partial charge on any atom is -0.466 e. The Morgan fingerprint density at radius 1 is 1.03 bits per heavy atom. The van der Waals surface area contributed by atoms with Gasteiger partial charge in [-0.3, -0.25) is 4.79 Å². The molecular formula is C26H24N4O4. The summed E-state index contributed by atoms with van der Waals surface area (Å²) in [4.78, 5) is 22.3. The number of rotatable bonds is 6. The predicted molar refractivity (Wildman–Crippen MR) is 126 cm³/mol. The van der Waals surface area contributed by atoms with Crippen LogP contribution in [0.2, 0.25) is 0 Å². The van der Waals surface area contributed by atoms with Gasteiger partial charge in [-0.25, -0.2) is 9.97 Å². The number of benzene rings is 1. The minimum atomic E-state index is -0.236. The number of aryl methyl sites for hydroxylation is 4. The number of pyridine rings is 1. The van der Waals surface area contributed by atoms with E-state index in [-0.39, 0.29) is 5.91 Å². The van der Waals surface area contributed by atoms with E-state index >= 15 is 0 Å². The minimum absolute atomic E-state index is 0.236. The molecule has 0 unspecified atom stereocenters. The molecular weight excluding hydrogens is 432 g/mol. The fourth-order valence-electron chi connectivity index (χ4n) is 3.95. The molecule has 0 aliphatic carbocycles. The number of aromatic nitrogens is 3. The highest BCUT2D eigenvalue weighted by molar-refractivity contribution is 6.07. The summed E-state index contributed by atoms with van der Waals surface area (Å²) in [6.07, 6.45) is 2.16. The molecule has 172 valence electrons. The molecule has 1 aromatic carbocycles. The van der Waals surface area contributed by atoms with E-state index in [1.807, 2.05) is 51.1 Å². The van der Waals surface area contributed by atoms with Crippen LogP contribution in [0.15, 0.2) is 56.0 Å². The Kier molecular flexibility index (Phi) is 5.49. The van der Waals surface area contributed by atoms with Gasteiger partial charge in [0.1, 0.15) is 17.8 Å². The Morgan fingerprint density at radius 3 is 2.56 bits per heavy atom. The molecule has 8 nitrogen and oxygen atoms in total. The molecule has 0 fully saturated rings. The van der Waals surface area contributed by atoms with E-state index in [4.69, 9.17) is 13.4 Å². The second-order valence-corrected chi connectivity index (χ2v) is 8.35. The van der Waals surface area contributed by atoms with Crippen LogP contribution < -0.4 is 5.32 Å². The van der Waals surface area contributed by atoms with Crippen molar-refractivity contribution in [2.75, 3.05) is 6.54 Å². The number of fused-ring (bicyclic) bond motifs is 1. The van der Waals surface area contributed by atoms with Crippen molar-refractivity contribution in [3.05, 3.63) is 76.7 Å². The first-order valence-corrected chi connectivity index (χ1v) is 11.0. The number of amides is 1. The van der Waals surface area contributed by atoms with Crippen molar-refractivity contribution in [2.45, 2.75) is 34.1 Å². The van der Waals surface area contributed by atoms with Crippen LogP contribution in [-0.2, 0) is 6.42 Å². The predicted octanol–water partition coefficient (Wildman–Crippen LogP) is 5.34. The topological polar surface area (TPSA) is 107 Å². The number of oxazole rings is 1. The van der Waals surface area contributed by atoms with Crippen molar-refractivity contribution in [2.24, 2.45) is 0 Å². The highest BCUT2D eigenvalue weighted by Gasteiger charge is 2.21. The summed E-state index contributed by atoms with van der Waals surface area (Å²) >= 11 is 0. The average molecular weight is 457 g/mol. The van der Waals surface area contributed by atoms with Crippen molar-refractivity contribution < 1.29 is 18.2 Å². The molecule has 0 saturated carbocycles. The zero-order chi connectivity index (χ0) is 23.8. The standard InChI is InChI=1S/C26H24N4O4/c1-14-5-7-18(8-6-14)25-28-19(13-32-25)9-10-27-24(31)21-12-22(20-11-15(2)33-17(20)4)29-26-23(21)16(3)30-34-26/h5-8,11-13H,9-10H2,1-4H3,(H,27,31). The number of furan rings is 1. The molecule has 1 N–H and O–H groups in total. The van der Waals surface area contributed by atoms with Crippen molar-refractivity contribution in [3.63, 3.8) is 0 Å². The summed E-state index contributed by atoms with van der Waals surface area (Å²) in [7, 11) is 0. The molecule has 1 amide bonds. The number of carbonyl (C=O) groups excluding carboxylic acids is 1. The Labute approximate surface area is 196 Å². The molecule has 0 atom stereocenters. The van der Waals surface area contributed by atoms with Gasteiger partial charge in [-0.1, -0.05) is 22.9 Å². The van der Waals surface area contributed by atoms with E-state index < -0.39 is 0 Å². The van der Waals surface area contributed by atoms with Crippen LogP contribution in [0.25, 0.3) is 33.8 Å². The first-order chi connectivity index (χ1) is 16.4. The molecule has 0 saturated heterocycles. The highest BCUT2D eigenvalue weighted by Crippen LogP contribution is 2.30. The van der Waals surface area contributed by atoms with Gasteiger partial charge in [0.05, 0.1) is 28.0 Å². The molecule has 5 aromatic rings. The van der Waals surface area contributed by atoms with E-state index in [1.54, 1.807) is 19.3 Å². The highest BCUT2D eigenvalue weighted by atomic mass is 16.5. The smallest absolute Gasteiger partial charge is 0.259 e. The first-order valence-electron chi connectivity index (χ1n) is 11.0. The van der Waals surface area contributed by atoms with Gasteiger partial charge >= 0.3 is 0 Å². The maximum absolute atomic E-state index is 13.2. The van der Waals surface area contributed by atoms with Gasteiger partial charge in [0, 0.05) is 24.1 Å². The van der Waals surface area contributed by atoms with E-state index in [0.717, 1.165) is 28.3 Å². The third-order valence-corrected chi connectivity index (χ3v) is 5.70. The zero-order valence-electron chi connectivity index (χ0n) is 19.4. The van der Waals surface area contributed by atoms with Crippen LogP contribution in [0, 0.1) is 27.7 Å². The molecule has 0 aliphatic rings. The summed E-state index contributed by atoms with van der Waals surface area (Å²) in [6.45, 7) is 7.95. The summed E-state index contributed by atoms with van der Waals surface area (Å²) in [5, 5.41) is 7.57. The molecule has 4 aromatic heterocycles. The molecule has 8 heteroatoms. The fourth-order valence-corrected chi connectivity index (χ4v) is 3.95. The van der Waals surface area contributed by atoms with Crippen LogP contribution in [0.5, 0.6) is 0 Å². The Morgan fingerprint density at radius 2 is 1.82 bits per heavy atom. The number of nitrogens with zero attached hydrogens (tertiary/aromatic N) is 3. The lowest BCUT2D eigenvalue weighted by Gasteiger charge is -2.07. The quantitative estimate of drug-likeness (QED) is 0.367. The number of hydrogen-bond donors (Lipinski definition) is 1. The summed E-state index contributed by atoms with van der Waals surface area (Å²) in [6, 6.07) is 11.6. The van der Waals surface area contributed by atoms with E-state index in [1.165, 1.54) is 5.56 Å². The number of hydrogen-bond acceptors (Lipinski definition) is 7. The molecule has 0 bridgehead atoms. The Balaban J connectivity index is 1.34. The number of carbonyl (C=O) groups is 1. The van der Waals surface area contributed by atoms with Gasteiger partial charge < -0.3 is 18.7 Å². The van der Waals surface area contributed by atoms with Crippen LogP contribution >= 0.6 is 0 Å². The first kappa shape index (κ1) is 21.6. The average Bonchev–Trinajstić information content (AvgIpc) is 3.52. The van der Waals surface area contributed by atoms with Gasteiger partial charge in [0.15, 0.2) is 0 Å². The molecule has 0 spiro atoms. The molecule has 5 rings (SSSR count). The largest absolute Gasteiger partial charge is 0.466 e. The SMILES string of the molecule is Cc1ccc(-c2nc(CCNC(=O)c3cc(-c4cc(C)oc4C)nc4onc(C)c34)co2)cc1. The van der Waals surface area contributed by atoms with Crippen molar-refractivity contribution >= 4 is 17.0 Å². The summed E-state index contributed by atoms with van der Waals surface area (Å²) in [5.41, 5.74) is 5.65. The molecule has 4 heterocycles. The van der Waals surface area contributed by atoms with Gasteiger partial charge in [0.2, 0.25) is 5.89 Å². The lowest BCUT2D eigenvalue weighted by atomic mass is 10.1. The van der Waals surface area contributed by atoms with Gasteiger partial charge in [-0.15, -0.1) is 0 Å². The van der Waals surface area contributed by atoms with Crippen molar-refractivity contribution in [1.82, 2.24) is 20.4 Å². The van der Waals surface area contributed by atoms with E-state index in [9.17, 15) is 4.79 Å². The molecule has 0 aliphatic heterocycles. The third kappa shape index (κ3) is 4.10. The van der Waals surface area contributed by atoms with Gasteiger partial charge in [-0.2, -0.15) is 0 Å². The van der Waals surface area contributed by atoms with Gasteiger partial charge in [-0.05, 0) is 52.0 Å². The summed E-state index contributed by atoms with van der Waals surface area (Å²) < 4.78 is 16.6. The number of nitrogens with one attached hydrogen (secondary N) is 1. The monoisotopic (exact) mass is 456 g/mol. The lowest BCUT2D eigenvalue weighted by Crippen LogP contribution is -2.26. The lowest BCUT2D eigenvalue weighted by molar-refractivity contribution is 0.0955. The van der Waals surface area contributed by atoms with Crippen LogP contribution in [0.4, 0.5) is 0 Å². The van der Waals surface area contributed by atoms with E-state index in [2.05, 4.69) is 20.4 Å².